The van der Waals surface area contributed by atoms with Crippen molar-refractivity contribution in [3.05, 3.63) is 0 Å². The zero-order valence-corrected chi connectivity index (χ0v) is 8.78. The molecular formula is C9H15N3O3. The van der Waals surface area contributed by atoms with E-state index in [0.717, 1.165) is 0 Å². The number of amides is 1. The summed E-state index contributed by atoms with van der Waals surface area (Å²) in [4.78, 5) is 21.8. The van der Waals surface area contributed by atoms with Crippen molar-refractivity contribution in [3.8, 4) is 6.07 Å². The van der Waals surface area contributed by atoms with Crippen molar-refractivity contribution in [2.24, 2.45) is 5.92 Å². The molecule has 1 atom stereocenters. The predicted molar refractivity (Wildman–Crippen MR) is 52.9 cm³/mol. The van der Waals surface area contributed by atoms with E-state index in [1.165, 1.54) is 0 Å². The number of carbonyl (C=O) groups is 2. The minimum absolute atomic E-state index is 0.0695. The fraction of sp³-hybridized carbons (Fsp3) is 0.667. The Bertz CT molecular complexity index is 270. The zero-order valence-electron chi connectivity index (χ0n) is 8.78. The second-order valence-corrected chi connectivity index (χ2v) is 3.38. The van der Waals surface area contributed by atoms with Gasteiger partial charge in [-0.05, 0) is 5.92 Å². The molecular weight excluding hydrogens is 198 g/mol. The van der Waals surface area contributed by atoms with E-state index in [4.69, 9.17) is 10.4 Å². The quantitative estimate of drug-likeness (QED) is 0.507. The summed E-state index contributed by atoms with van der Waals surface area (Å²) in [5.74, 6) is -1.48. The molecule has 0 radical (unpaired) electrons. The smallest absolute Gasteiger partial charge is 0.320 e. The molecule has 0 aliphatic heterocycles. The minimum atomic E-state index is -0.988. The summed E-state index contributed by atoms with van der Waals surface area (Å²) in [5.41, 5.74) is 0. The molecule has 0 heterocycles. The molecule has 0 saturated heterocycles. The molecule has 0 rings (SSSR count). The summed E-state index contributed by atoms with van der Waals surface area (Å²) in [6, 6.07) is 1.00. The van der Waals surface area contributed by atoms with Gasteiger partial charge in [-0.2, -0.15) is 5.26 Å². The van der Waals surface area contributed by atoms with Crippen LogP contribution in [-0.4, -0.2) is 36.1 Å². The van der Waals surface area contributed by atoms with Gasteiger partial charge in [0, 0.05) is 0 Å². The highest BCUT2D eigenvalue weighted by Gasteiger charge is 2.21. The van der Waals surface area contributed by atoms with Crippen LogP contribution in [0.25, 0.3) is 0 Å². The predicted octanol–water partition coefficient (Wildman–Crippen LogP) is -0.675. The van der Waals surface area contributed by atoms with Crippen LogP contribution >= 0.6 is 0 Å². The second-order valence-electron chi connectivity index (χ2n) is 3.38. The number of carboxylic acids is 1. The summed E-state index contributed by atoms with van der Waals surface area (Å²) >= 11 is 0. The molecule has 6 heteroatoms. The molecule has 1 unspecified atom stereocenters. The van der Waals surface area contributed by atoms with Crippen LogP contribution in [0.4, 0.5) is 0 Å². The van der Waals surface area contributed by atoms with Crippen LogP contribution in [0.15, 0.2) is 0 Å². The molecule has 0 aliphatic rings. The number of aliphatic carboxylic acids is 1. The molecule has 0 aromatic heterocycles. The van der Waals surface area contributed by atoms with Gasteiger partial charge in [-0.3, -0.25) is 14.9 Å². The largest absolute Gasteiger partial charge is 0.480 e. The summed E-state index contributed by atoms with van der Waals surface area (Å²) in [6.45, 7) is 3.33. The van der Waals surface area contributed by atoms with Gasteiger partial charge in [-0.15, -0.1) is 0 Å². The Hall–Kier alpha value is -1.61. The Morgan fingerprint density at radius 3 is 2.47 bits per heavy atom. The summed E-state index contributed by atoms with van der Waals surface area (Å²) in [5, 5.41) is 21.9. The molecule has 0 saturated carbocycles. The lowest BCUT2D eigenvalue weighted by Gasteiger charge is -2.17. The summed E-state index contributed by atoms with van der Waals surface area (Å²) in [6.07, 6.45) is 0. The number of nitrogens with zero attached hydrogens (tertiary/aromatic N) is 1. The molecule has 0 bridgehead atoms. The van der Waals surface area contributed by atoms with E-state index in [9.17, 15) is 9.59 Å². The van der Waals surface area contributed by atoms with Gasteiger partial charge in [0.2, 0.25) is 5.91 Å². The first-order valence-corrected chi connectivity index (χ1v) is 4.59. The van der Waals surface area contributed by atoms with Crippen LogP contribution in [0.3, 0.4) is 0 Å². The van der Waals surface area contributed by atoms with Crippen LogP contribution in [0.5, 0.6) is 0 Å². The Morgan fingerprint density at radius 1 is 1.47 bits per heavy atom. The number of hydrogen-bond acceptors (Lipinski definition) is 4. The van der Waals surface area contributed by atoms with E-state index in [2.05, 4.69) is 10.6 Å². The van der Waals surface area contributed by atoms with Gasteiger partial charge in [0.1, 0.15) is 12.6 Å². The van der Waals surface area contributed by atoms with Crippen molar-refractivity contribution in [1.29, 1.82) is 5.26 Å². The first-order valence-electron chi connectivity index (χ1n) is 4.59. The summed E-state index contributed by atoms with van der Waals surface area (Å²) in [7, 11) is 0. The standard InChI is InChI=1S/C9H15N3O3/c1-6(2)8(9(14)15)12-5-7(13)11-4-3-10/h6,8,12H,4-5H2,1-2H3,(H,11,13)(H,14,15). The molecule has 6 nitrogen and oxygen atoms in total. The van der Waals surface area contributed by atoms with Crippen LogP contribution in [0.2, 0.25) is 0 Å². The highest BCUT2D eigenvalue weighted by molar-refractivity contribution is 5.80. The SMILES string of the molecule is CC(C)C(NCC(=O)NCC#N)C(=O)O. The Balaban J connectivity index is 3.96. The molecule has 0 spiro atoms. The molecule has 3 N–H and O–H groups in total. The van der Waals surface area contributed by atoms with Gasteiger partial charge in [-0.25, -0.2) is 0 Å². The average molecular weight is 213 g/mol. The molecule has 0 aromatic carbocycles. The van der Waals surface area contributed by atoms with E-state index in [1.54, 1.807) is 19.9 Å². The van der Waals surface area contributed by atoms with Crippen molar-refractivity contribution in [3.63, 3.8) is 0 Å². The Kier molecular flexibility index (Phi) is 6.06. The van der Waals surface area contributed by atoms with Crippen LogP contribution in [0.1, 0.15) is 13.8 Å². The van der Waals surface area contributed by atoms with Crippen LogP contribution < -0.4 is 10.6 Å². The normalized spacial score (nSPS) is 11.9. The number of carbonyl (C=O) groups excluding carboxylic acids is 1. The van der Waals surface area contributed by atoms with Crippen molar-refractivity contribution >= 4 is 11.9 Å². The lowest BCUT2D eigenvalue weighted by atomic mass is 10.1. The fourth-order valence-corrected chi connectivity index (χ4v) is 1.01. The third kappa shape index (κ3) is 5.65. The third-order valence-corrected chi connectivity index (χ3v) is 1.78. The first-order chi connectivity index (χ1) is 6.99. The van der Waals surface area contributed by atoms with Crippen molar-refractivity contribution in [2.45, 2.75) is 19.9 Å². The molecule has 0 aromatic rings. The monoisotopic (exact) mass is 213 g/mol. The topological polar surface area (TPSA) is 102 Å². The van der Waals surface area contributed by atoms with Gasteiger partial charge in [0.25, 0.3) is 0 Å². The van der Waals surface area contributed by atoms with Crippen molar-refractivity contribution in [1.82, 2.24) is 10.6 Å². The van der Waals surface area contributed by atoms with Crippen LogP contribution in [0, 0.1) is 17.2 Å². The van der Waals surface area contributed by atoms with Gasteiger partial charge < -0.3 is 10.4 Å². The number of nitriles is 1. The molecule has 0 aliphatic carbocycles. The third-order valence-electron chi connectivity index (χ3n) is 1.78. The maximum absolute atomic E-state index is 11.0. The number of rotatable bonds is 6. The highest BCUT2D eigenvalue weighted by Crippen LogP contribution is 2.00. The molecule has 1 amide bonds. The molecule has 84 valence electrons. The molecule has 0 fully saturated rings. The second kappa shape index (κ2) is 6.79. The van der Waals surface area contributed by atoms with Gasteiger partial charge >= 0.3 is 5.97 Å². The lowest BCUT2D eigenvalue weighted by molar-refractivity contribution is -0.140. The average Bonchev–Trinajstić information content (AvgIpc) is 2.13. The maximum Gasteiger partial charge on any atom is 0.320 e. The van der Waals surface area contributed by atoms with E-state index in [-0.39, 0.29) is 24.9 Å². The van der Waals surface area contributed by atoms with E-state index >= 15 is 0 Å². The number of hydrogen-bond donors (Lipinski definition) is 3. The van der Waals surface area contributed by atoms with E-state index in [1.807, 2.05) is 0 Å². The molecule has 15 heavy (non-hydrogen) atoms. The minimum Gasteiger partial charge on any atom is -0.480 e. The number of carboxylic acid groups (broad SMARTS) is 1. The Morgan fingerprint density at radius 2 is 2.07 bits per heavy atom. The van der Waals surface area contributed by atoms with Crippen LogP contribution in [-0.2, 0) is 9.59 Å². The summed E-state index contributed by atoms with van der Waals surface area (Å²) < 4.78 is 0. The van der Waals surface area contributed by atoms with Gasteiger partial charge in [-0.1, -0.05) is 13.8 Å². The van der Waals surface area contributed by atoms with Crippen molar-refractivity contribution < 1.29 is 14.7 Å². The van der Waals surface area contributed by atoms with Crippen molar-refractivity contribution in [2.75, 3.05) is 13.1 Å². The lowest BCUT2D eigenvalue weighted by Crippen LogP contribution is -2.45. The maximum atomic E-state index is 11.0. The van der Waals surface area contributed by atoms with E-state index in [0.29, 0.717) is 0 Å². The fourth-order valence-electron chi connectivity index (χ4n) is 1.01. The van der Waals surface area contributed by atoms with Gasteiger partial charge in [0.15, 0.2) is 0 Å². The number of nitrogens with one attached hydrogen (secondary N) is 2. The van der Waals surface area contributed by atoms with E-state index < -0.39 is 12.0 Å². The first kappa shape index (κ1) is 13.4. The highest BCUT2D eigenvalue weighted by atomic mass is 16.4. The Labute approximate surface area is 88.3 Å². The van der Waals surface area contributed by atoms with Gasteiger partial charge in [0.05, 0.1) is 12.6 Å². The zero-order chi connectivity index (χ0) is 11.8.